The maximum atomic E-state index is 13.1. The molecular weight excluding hydrogens is 255 g/mol. The van der Waals surface area contributed by atoms with E-state index in [2.05, 4.69) is 24.1 Å². The average Bonchev–Trinajstić information content (AvgIpc) is 2.34. The molecule has 0 spiro atoms. The molecule has 114 valence electrons. The highest BCUT2D eigenvalue weighted by atomic mass is 19.1. The van der Waals surface area contributed by atoms with Crippen LogP contribution >= 0.6 is 0 Å². The summed E-state index contributed by atoms with van der Waals surface area (Å²) in [5, 5.41) is 13.5. The summed E-state index contributed by atoms with van der Waals surface area (Å²) >= 11 is 0. The monoisotopic (exact) mass is 282 g/mol. The highest BCUT2D eigenvalue weighted by Gasteiger charge is 2.14. The molecular formula is C16H27FN2O. The van der Waals surface area contributed by atoms with Gasteiger partial charge in [0.2, 0.25) is 0 Å². The van der Waals surface area contributed by atoms with Crippen LogP contribution in [-0.4, -0.2) is 43.2 Å². The highest BCUT2D eigenvalue weighted by Crippen LogP contribution is 2.14. The predicted molar refractivity (Wildman–Crippen MR) is 81.2 cm³/mol. The van der Waals surface area contributed by atoms with E-state index in [0.29, 0.717) is 24.1 Å². The van der Waals surface area contributed by atoms with Crippen LogP contribution in [0.5, 0.6) is 0 Å². The first-order valence-corrected chi connectivity index (χ1v) is 7.20. The average molecular weight is 282 g/mol. The zero-order valence-electron chi connectivity index (χ0n) is 12.9. The number of rotatable bonds is 8. The number of hydrogen-bond acceptors (Lipinski definition) is 3. The first-order valence-electron chi connectivity index (χ1n) is 7.20. The first kappa shape index (κ1) is 17.1. The number of nitrogens with zero attached hydrogens (tertiary/aromatic N) is 1. The van der Waals surface area contributed by atoms with E-state index in [9.17, 15) is 9.50 Å². The van der Waals surface area contributed by atoms with Crippen molar-refractivity contribution in [3.05, 3.63) is 35.6 Å². The van der Waals surface area contributed by atoms with E-state index in [-0.39, 0.29) is 5.82 Å². The molecule has 0 fully saturated rings. The number of aliphatic hydroxyl groups excluding tert-OH is 1. The molecule has 2 unspecified atom stereocenters. The minimum Gasteiger partial charge on any atom is -0.387 e. The van der Waals surface area contributed by atoms with Crippen LogP contribution in [0.1, 0.15) is 31.9 Å². The van der Waals surface area contributed by atoms with Gasteiger partial charge in [0.25, 0.3) is 0 Å². The first-order chi connectivity index (χ1) is 9.38. The van der Waals surface area contributed by atoms with Gasteiger partial charge in [0.1, 0.15) is 5.82 Å². The zero-order chi connectivity index (χ0) is 15.1. The standard InChI is InChI=1S/C16H27FN2O/c1-12(2)8-15(11-19(3)4)18-10-16(20)13-6-5-7-14(17)9-13/h5-7,9,12,15-16,18,20H,8,10-11H2,1-4H3. The Labute approximate surface area is 121 Å². The second-order valence-electron chi connectivity index (χ2n) is 6.07. The lowest BCUT2D eigenvalue weighted by atomic mass is 10.0. The lowest BCUT2D eigenvalue weighted by molar-refractivity contribution is 0.163. The Bertz CT molecular complexity index is 386. The number of aliphatic hydroxyl groups is 1. The molecule has 1 aromatic rings. The van der Waals surface area contributed by atoms with Gasteiger partial charge in [-0.1, -0.05) is 26.0 Å². The van der Waals surface area contributed by atoms with Gasteiger partial charge in [-0.25, -0.2) is 4.39 Å². The van der Waals surface area contributed by atoms with Gasteiger partial charge >= 0.3 is 0 Å². The molecule has 1 rings (SSSR count). The lowest BCUT2D eigenvalue weighted by Gasteiger charge is -2.25. The fourth-order valence-electron chi connectivity index (χ4n) is 2.34. The van der Waals surface area contributed by atoms with Crippen molar-refractivity contribution in [2.45, 2.75) is 32.4 Å². The van der Waals surface area contributed by atoms with E-state index in [1.807, 2.05) is 14.1 Å². The van der Waals surface area contributed by atoms with Crippen LogP contribution in [0.3, 0.4) is 0 Å². The van der Waals surface area contributed by atoms with Crippen molar-refractivity contribution in [3.8, 4) is 0 Å². The SMILES string of the molecule is CC(C)CC(CN(C)C)NCC(O)c1cccc(F)c1. The Hall–Kier alpha value is -0.970. The molecule has 0 heterocycles. The van der Waals surface area contributed by atoms with Crippen LogP contribution in [0.25, 0.3) is 0 Å². The molecule has 0 aliphatic carbocycles. The second-order valence-corrected chi connectivity index (χ2v) is 6.07. The number of hydrogen-bond donors (Lipinski definition) is 2. The molecule has 0 saturated heterocycles. The Balaban J connectivity index is 2.53. The number of benzene rings is 1. The van der Waals surface area contributed by atoms with E-state index >= 15 is 0 Å². The fourth-order valence-corrected chi connectivity index (χ4v) is 2.34. The van der Waals surface area contributed by atoms with Crippen molar-refractivity contribution in [1.29, 1.82) is 0 Å². The molecule has 0 aliphatic rings. The molecule has 0 bridgehead atoms. The third kappa shape index (κ3) is 6.46. The summed E-state index contributed by atoms with van der Waals surface area (Å²) < 4.78 is 13.1. The lowest BCUT2D eigenvalue weighted by Crippen LogP contribution is -2.41. The zero-order valence-corrected chi connectivity index (χ0v) is 12.9. The van der Waals surface area contributed by atoms with Crippen LogP contribution in [0, 0.1) is 11.7 Å². The van der Waals surface area contributed by atoms with Crippen LogP contribution in [-0.2, 0) is 0 Å². The van der Waals surface area contributed by atoms with Crippen molar-refractivity contribution in [2.24, 2.45) is 5.92 Å². The van der Waals surface area contributed by atoms with Crippen LogP contribution in [0.4, 0.5) is 4.39 Å². The summed E-state index contributed by atoms with van der Waals surface area (Å²) in [6.45, 7) is 5.74. The van der Waals surface area contributed by atoms with Gasteiger partial charge in [-0.15, -0.1) is 0 Å². The molecule has 2 atom stereocenters. The Morgan fingerprint density at radius 1 is 1.30 bits per heavy atom. The van der Waals surface area contributed by atoms with E-state index < -0.39 is 6.10 Å². The van der Waals surface area contributed by atoms with E-state index in [1.165, 1.54) is 12.1 Å². The van der Waals surface area contributed by atoms with Crippen molar-refractivity contribution < 1.29 is 9.50 Å². The van der Waals surface area contributed by atoms with Gasteiger partial charge in [-0.3, -0.25) is 0 Å². The molecule has 4 heteroatoms. The van der Waals surface area contributed by atoms with E-state index in [0.717, 1.165) is 13.0 Å². The van der Waals surface area contributed by atoms with Crippen molar-refractivity contribution in [1.82, 2.24) is 10.2 Å². The molecule has 0 aliphatic heterocycles. The van der Waals surface area contributed by atoms with Gasteiger partial charge in [0.05, 0.1) is 6.10 Å². The minimum absolute atomic E-state index is 0.312. The molecule has 0 aromatic heterocycles. The van der Waals surface area contributed by atoms with Gasteiger partial charge in [-0.05, 0) is 44.1 Å². The van der Waals surface area contributed by atoms with Gasteiger partial charge in [-0.2, -0.15) is 0 Å². The summed E-state index contributed by atoms with van der Waals surface area (Å²) in [6.07, 6.45) is 0.371. The summed E-state index contributed by atoms with van der Waals surface area (Å²) in [7, 11) is 4.08. The van der Waals surface area contributed by atoms with E-state index in [4.69, 9.17) is 0 Å². The summed E-state index contributed by atoms with van der Waals surface area (Å²) in [5.74, 6) is 0.285. The topological polar surface area (TPSA) is 35.5 Å². The third-order valence-corrected chi connectivity index (χ3v) is 3.17. The second kappa shape index (κ2) is 8.35. The normalized spacial score (nSPS) is 14.8. The summed E-state index contributed by atoms with van der Waals surface area (Å²) in [4.78, 5) is 2.13. The summed E-state index contributed by atoms with van der Waals surface area (Å²) in [6, 6.07) is 6.47. The number of nitrogens with one attached hydrogen (secondary N) is 1. The van der Waals surface area contributed by atoms with Crippen molar-refractivity contribution in [2.75, 3.05) is 27.2 Å². The van der Waals surface area contributed by atoms with Crippen molar-refractivity contribution >= 4 is 0 Å². The predicted octanol–water partition coefficient (Wildman–Crippen LogP) is 2.43. The quantitative estimate of drug-likeness (QED) is 0.768. The Morgan fingerprint density at radius 3 is 2.55 bits per heavy atom. The van der Waals surface area contributed by atoms with Crippen molar-refractivity contribution in [3.63, 3.8) is 0 Å². The maximum Gasteiger partial charge on any atom is 0.123 e. The Morgan fingerprint density at radius 2 is 2.00 bits per heavy atom. The smallest absolute Gasteiger partial charge is 0.123 e. The maximum absolute atomic E-state index is 13.1. The molecule has 0 amide bonds. The molecule has 1 aromatic carbocycles. The fraction of sp³-hybridized carbons (Fsp3) is 0.625. The third-order valence-electron chi connectivity index (χ3n) is 3.17. The van der Waals surface area contributed by atoms with E-state index in [1.54, 1.807) is 12.1 Å². The largest absolute Gasteiger partial charge is 0.387 e. The molecule has 0 saturated carbocycles. The highest BCUT2D eigenvalue weighted by molar-refractivity contribution is 5.18. The Kier molecular flexibility index (Phi) is 7.13. The van der Waals surface area contributed by atoms with Gasteiger partial charge in [0.15, 0.2) is 0 Å². The molecule has 20 heavy (non-hydrogen) atoms. The summed E-state index contributed by atoms with van der Waals surface area (Å²) in [5.41, 5.74) is 0.616. The molecule has 3 nitrogen and oxygen atoms in total. The minimum atomic E-state index is -0.678. The molecule has 0 radical (unpaired) electrons. The van der Waals surface area contributed by atoms with Crippen LogP contribution in [0.2, 0.25) is 0 Å². The number of halogens is 1. The molecule has 2 N–H and O–H groups in total. The van der Waals surface area contributed by atoms with Gasteiger partial charge in [0, 0.05) is 19.1 Å². The number of likely N-dealkylation sites (N-methyl/N-ethyl adjacent to an activating group) is 1. The van der Waals surface area contributed by atoms with Crippen LogP contribution < -0.4 is 5.32 Å². The van der Waals surface area contributed by atoms with Gasteiger partial charge < -0.3 is 15.3 Å². The van der Waals surface area contributed by atoms with Crippen LogP contribution in [0.15, 0.2) is 24.3 Å².